The van der Waals surface area contributed by atoms with Crippen molar-refractivity contribution in [2.24, 2.45) is 0 Å². The smallest absolute Gasteiger partial charge is 0.254 e. The van der Waals surface area contributed by atoms with Gasteiger partial charge in [0.1, 0.15) is 5.82 Å². The van der Waals surface area contributed by atoms with Gasteiger partial charge in [0, 0.05) is 17.8 Å². The normalized spacial score (nSPS) is 18.5. The third-order valence-corrected chi connectivity index (χ3v) is 6.79. The van der Waals surface area contributed by atoms with E-state index in [1.54, 1.807) is 17.0 Å². The number of anilines is 1. The molecule has 0 unspecified atom stereocenters. The molecule has 2 aliphatic heterocycles. The molecular weight excluding hydrogens is 459 g/mol. The van der Waals surface area contributed by atoms with Gasteiger partial charge in [-0.15, -0.1) is 0 Å². The van der Waals surface area contributed by atoms with Gasteiger partial charge in [0.2, 0.25) is 5.91 Å². The van der Waals surface area contributed by atoms with Crippen molar-refractivity contribution < 1.29 is 23.5 Å². The van der Waals surface area contributed by atoms with Crippen molar-refractivity contribution in [2.45, 2.75) is 18.4 Å². The van der Waals surface area contributed by atoms with Gasteiger partial charge in [0.05, 0.1) is 31.2 Å². The minimum absolute atomic E-state index is 0.0898. The number of ether oxygens (including phenoxy) is 2. The summed E-state index contributed by atoms with van der Waals surface area (Å²) < 4.78 is 24.5. The second kappa shape index (κ2) is 8.65. The average Bonchev–Trinajstić information content (AvgIpc) is 2.85. The SMILES string of the molecule is COc1cc2c(cc1OC)[C@@H](C(=O)Nc1ccc(F)c(Cl)c1)[C@H]1c3ccccc3CCN1C2=O. The van der Waals surface area contributed by atoms with Crippen molar-refractivity contribution in [2.75, 3.05) is 26.1 Å². The van der Waals surface area contributed by atoms with E-state index in [0.29, 0.717) is 41.3 Å². The van der Waals surface area contributed by atoms with Gasteiger partial charge in [-0.3, -0.25) is 9.59 Å². The van der Waals surface area contributed by atoms with Crippen LogP contribution in [0.5, 0.6) is 11.5 Å². The Morgan fingerprint density at radius 1 is 1.06 bits per heavy atom. The highest BCUT2D eigenvalue weighted by molar-refractivity contribution is 6.31. The summed E-state index contributed by atoms with van der Waals surface area (Å²) in [7, 11) is 3.01. The zero-order valence-corrected chi connectivity index (χ0v) is 19.4. The molecule has 2 aliphatic rings. The molecule has 34 heavy (non-hydrogen) atoms. The summed E-state index contributed by atoms with van der Waals surface area (Å²) in [6, 6.07) is 14.7. The molecule has 2 heterocycles. The third-order valence-electron chi connectivity index (χ3n) is 6.50. The molecule has 174 valence electrons. The minimum Gasteiger partial charge on any atom is -0.493 e. The molecule has 0 spiro atoms. The van der Waals surface area contributed by atoms with Crippen LogP contribution in [0.1, 0.15) is 39.0 Å². The Hall–Kier alpha value is -3.58. The van der Waals surface area contributed by atoms with Crippen LogP contribution in [0, 0.1) is 5.82 Å². The second-order valence-corrected chi connectivity index (χ2v) is 8.69. The van der Waals surface area contributed by atoms with Crippen molar-refractivity contribution in [3.05, 3.63) is 87.7 Å². The largest absolute Gasteiger partial charge is 0.493 e. The van der Waals surface area contributed by atoms with E-state index in [1.165, 1.54) is 32.4 Å². The Kier molecular flexibility index (Phi) is 5.65. The molecule has 1 N–H and O–H groups in total. The minimum atomic E-state index is -0.738. The first-order valence-electron chi connectivity index (χ1n) is 10.8. The molecule has 6 nitrogen and oxygen atoms in total. The van der Waals surface area contributed by atoms with Gasteiger partial charge < -0.3 is 19.7 Å². The molecular formula is C26H22ClFN2O4. The summed E-state index contributed by atoms with van der Waals surface area (Å²) in [6.07, 6.45) is 0.697. The van der Waals surface area contributed by atoms with Crippen molar-refractivity contribution in [1.82, 2.24) is 4.90 Å². The summed E-state index contributed by atoms with van der Waals surface area (Å²) in [4.78, 5) is 29.1. The first kappa shape index (κ1) is 22.2. The van der Waals surface area contributed by atoms with Crippen LogP contribution in [-0.4, -0.2) is 37.5 Å². The molecule has 0 saturated carbocycles. The molecule has 0 fully saturated rings. The number of methoxy groups -OCH3 is 2. The lowest BCUT2D eigenvalue weighted by Gasteiger charge is -2.45. The molecule has 0 aliphatic carbocycles. The van der Waals surface area contributed by atoms with Crippen molar-refractivity contribution in [3.63, 3.8) is 0 Å². The second-order valence-electron chi connectivity index (χ2n) is 8.28. The lowest BCUT2D eigenvalue weighted by atomic mass is 9.75. The van der Waals surface area contributed by atoms with Gasteiger partial charge in [-0.1, -0.05) is 35.9 Å². The Bertz CT molecular complexity index is 1310. The van der Waals surface area contributed by atoms with E-state index < -0.39 is 17.8 Å². The fraction of sp³-hybridized carbons (Fsp3) is 0.231. The third kappa shape index (κ3) is 3.56. The maximum atomic E-state index is 13.8. The number of halogens is 2. The average molecular weight is 481 g/mol. The van der Waals surface area contributed by atoms with E-state index in [2.05, 4.69) is 5.32 Å². The van der Waals surface area contributed by atoms with Gasteiger partial charge >= 0.3 is 0 Å². The molecule has 8 heteroatoms. The van der Waals surface area contributed by atoms with E-state index in [4.69, 9.17) is 21.1 Å². The zero-order valence-electron chi connectivity index (χ0n) is 18.6. The molecule has 5 rings (SSSR count). The van der Waals surface area contributed by atoms with E-state index in [-0.39, 0.29) is 16.8 Å². The monoisotopic (exact) mass is 480 g/mol. The van der Waals surface area contributed by atoms with Crippen LogP contribution in [-0.2, 0) is 11.2 Å². The lowest BCUT2D eigenvalue weighted by molar-refractivity contribution is -0.119. The zero-order chi connectivity index (χ0) is 24.0. The summed E-state index contributed by atoms with van der Waals surface area (Å²) >= 11 is 5.92. The molecule has 0 bridgehead atoms. The summed E-state index contributed by atoms with van der Waals surface area (Å²) in [5.74, 6) is -0.973. The number of carbonyl (C=O) groups excluding carboxylic acids is 2. The number of benzene rings is 3. The number of amides is 2. The maximum Gasteiger partial charge on any atom is 0.254 e. The van der Waals surface area contributed by atoms with Crippen LogP contribution in [0.4, 0.5) is 10.1 Å². The fourth-order valence-corrected chi connectivity index (χ4v) is 5.11. The first-order valence-corrected chi connectivity index (χ1v) is 11.2. The van der Waals surface area contributed by atoms with Gasteiger partial charge in [-0.25, -0.2) is 4.39 Å². The number of fused-ring (bicyclic) bond motifs is 4. The summed E-state index contributed by atoms with van der Waals surface area (Å²) in [5, 5.41) is 2.78. The predicted molar refractivity (Wildman–Crippen MR) is 126 cm³/mol. The van der Waals surface area contributed by atoms with Crippen LogP contribution in [0.15, 0.2) is 54.6 Å². The maximum absolute atomic E-state index is 13.8. The van der Waals surface area contributed by atoms with Crippen LogP contribution in [0.3, 0.4) is 0 Å². The van der Waals surface area contributed by atoms with Gasteiger partial charge in [-0.2, -0.15) is 0 Å². The highest BCUT2D eigenvalue weighted by Crippen LogP contribution is 2.48. The van der Waals surface area contributed by atoms with E-state index in [0.717, 1.165) is 11.1 Å². The Labute approximate surface area is 201 Å². The Balaban J connectivity index is 1.67. The van der Waals surface area contributed by atoms with Gasteiger partial charge in [-0.05, 0) is 53.4 Å². The molecule has 0 aromatic heterocycles. The fourth-order valence-electron chi connectivity index (χ4n) is 4.93. The quantitative estimate of drug-likeness (QED) is 0.572. The predicted octanol–water partition coefficient (Wildman–Crippen LogP) is 4.97. The van der Waals surface area contributed by atoms with E-state index in [9.17, 15) is 14.0 Å². The topological polar surface area (TPSA) is 67.9 Å². The van der Waals surface area contributed by atoms with Crippen molar-refractivity contribution >= 4 is 29.1 Å². The van der Waals surface area contributed by atoms with Crippen LogP contribution < -0.4 is 14.8 Å². The van der Waals surface area contributed by atoms with Crippen LogP contribution >= 0.6 is 11.6 Å². The molecule has 0 radical (unpaired) electrons. The van der Waals surface area contributed by atoms with E-state index in [1.807, 2.05) is 24.3 Å². The molecule has 3 aromatic rings. The number of hydrogen-bond donors (Lipinski definition) is 1. The highest BCUT2D eigenvalue weighted by atomic mass is 35.5. The molecule has 2 amide bonds. The van der Waals surface area contributed by atoms with E-state index >= 15 is 0 Å². The highest BCUT2D eigenvalue weighted by Gasteiger charge is 2.47. The number of rotatable bonds is 4. The lowest BCUT2D eigenvalue weighted by Crippen LogP contribution is -2.49. The van der Waals surface area contributed by atoms with Crippen LogP contribution in [0.25, 0.3) is 0 Å². The first-order chi connectivity index (χ1) is 16.4. The molecule has 2 atom stereocenters. The summed E-state index contributed by atoms with van der Waals surface area (Å²) in [5.41, 5.74) is 3.34. The molecule has 0 saturated heterocycles. The van der Waals surface area contributed by atoms with Gasteiger partial charge in [0.15, 0.2) is 11.5 Å². The number of hydrogen-bond acceptors (Lipinski definition) is 4. The van der Waals surface area contributed by atoms with Crippen molar-refractivity contribution in [1.29, 1.82) is 0 Å². The number of carbonyl (C=O) groups is 2. The standard InChI is InChI=1S/C26H22ClFN2O4/c1-33-21-12-17-18(13-22(21)34-2)26(32)30-10-9-14-5-3-4-6-16(14)24(30)23(17)25(31)29-15-7-8-20(28)19(27)11-15/h3-8,11-13,23-24H,9-10H2,1-2H3,(H,29,31)/t23-,24-/m1/s1. The number of nitrogens with one attached hydrogen (secondary N) is 1. The Morgan fingerprint density at radius 2 is 1.79 bits per heavy atom. The molecule has 3 aromatic carbocycles. The Morgan fingerprint density at radius 3 is 2.53 bits per heavy atom. The van der Waals surface area contributed by atoms with Gasteiger partial charge in [0.25, 0.3) is 5.91 Å². The van der Waals surface area contributed by atoms with Crippen LogP contribution in [0.2, 0.25) is 5.02 Å². The summed E-state index contributed by atoms with van der Waals surface area (Å²) in [6.45, 7) is 0.487. The number of nitrogens with zero attached hydrogens (tertiary/aromatic N) is 1. The van der Waals surface area contributed by atoms with Crippen molar-refractivity contribution in [3.8, 4) is 11.5 Å².